The van der Waals surface area contributed by atoms with E-state index in [2.05, 4.69) is 30.4 Å². The van der Waals surface area contributed by atoms with Crippen LogP contribution in [-0.2, 0) is 0 Å². The van der Waals surface area contributed by atoms with Crippen LogP contribution in [0.2, 0.25) is 0 Å². The zero-order valence-corrected chi connectivity index (χ0v) is 13.3. The van der Waals surface area contributed by atoms with E-state index in [9.17, 15) is 0 Å². The number of nitrogens with one attached hydrogen (secondary N) is 1. The van der Waals surface area contributed by atoms with Gasteiger partial charge in [0.1, 0.15) is 5.76 Å². The van der Waals surface area contributed by atoms with Crippen molar-refractivity contribution in [2.24, 2.45) is 23.7 Å². The lowest BCUT2D eigenvalue weighted by Crippen LogP contribution is -2.42. The highest BCUT2D eigenvalue weighted by Gasteiger charge is 2.53. The zero-order valence-electron chi connectivity index (χ0n) is 13.3. The summed E-state index contributed by atoms with van der Waals surface area (Å²) in [5, 5.41) is 3.89. The van der Waals surface area contributed by atoms with E-state index in [0.717, 1.165) is 42.0 Å². The third-order valence-corrected chi connectivity index (χ3v) is 6.50. The molecule has 3 nitrogen and oxygen atoms in total. The summed E-state index contributed by atoms with van der Waals surface area (Å²) in [5.41, 5.74) is 0. The minimum atomic E-state index is 0.346. The summed E-state index contributed by atoms with van der Waals surface area (Å²) in [6, 6.07) is 5.19. The number of hydrogen-bond donors (Lipinski definition) is 1. The molecule has 1 N–H and O–H groups in total. The van der Waals surface area contributed by atoms with Gasteiger partial charge >= 0.3 is 0 Å². The van der Waals surface area contributed by atoms with E-state index in [1.165, 1.54) is 32.1 Å². The molecule has 0 amide bonds. The molecule has 0 spiro atoms. The molecule has 3 aliphatic rings. The Balaban J connectivity index is 1.39. The molecule has 0 aromatic carbocycles. The van der Waals surface area contributed by atoms with Gasteiger partial charge in [0.2, 0.25) is 0 Å². The van der Waals surface area contributed by atoms with Crippen molar-refractivity contribution >= 4 is 0 Å². The molecule has 6 atom stereocenters. The SMILES string of the molecule is CN(C)[C@H](CN[C@@H]1C[C@H]2C[C@H]1[C@H]1CCC[C@H]21)c1ccco1. The number of hydrogen-bond acceptors (Lipinski definition) is 3. The Labute approximate surface area is 128 Å². The van der Waals surface area contributed by atoms with Gasteiger partial charge in [-0.05, 0) is 75.6 Å². The largest absolute Gasteiger partial charge is 0.468 e. The maximum Gasteiger partial charge on any atom is 0.122 e. The van der Waals surface area contributed by atoms with E-state index >= 15 is 0 Å². The molecular weight excluding hydrogens is 260 g/mol. The van der Waals surface area contributed by atoms with E-state index in [4.69, 9.17) is 4.42 Å². The molecule has 1 heterocycles. The average molecular weight is 288 g/mol. The van der Waals surface area contributed by atoms with Crippen LogP contribution in [0.1, 0.15) is 43.9 Å². The molecule has 0 radical (unpaired) electrons. The van der Waals surface area contributed by atoms with Crippen molar-refractivity contribution in [1.29, 1.82) is 0 Å². The van der Waals surface area contributed by atoms with Gasteiger partial charge in [-0.3, -0.25) is 4.90 Å². The Bertz CT molecular complexity index is 470. The van der Waals surface area contributed by atoms with Crippen LogP contribution in [-0.4, -0.2) is 31.6 Å². The van der Waals surface area contributed by atoms with Gasteiger partial charge in [-0.15, -0.1) is 0 Å². The third-order valence-electron chi connectivity index (χ3n) is 6.50. The summed E-state index contributed by atoms with van der Waals surface area (Å²) < 4.78 is 5.62. The number of nitrogens with zero attached hydrogens (tertiary/aromatic N) is 1. The Morgan fingerprint density at radius 2 is 2.10 bits per heavy atom. The van der Waals surface area contributed by atoms with E-state index in [1.54, 1.807) is 6.26 Å². The highest BCUT2D eigenvalue weighted by molar-refractivity contribution is 5.08. The van der Waals surface area contributed by atoms with Crippen LogP contribution in [0.15, 0.2) is 22.8 Å². The monoisotopic (exact) mass is 288 g/mol. The highest BCUT2D eigenvalue weighted by atomic mass is 16.3. The summed E-state index contributed by atoms with van der Waals surface area (Å²) in [4.78, 5) is 2.26. The lowest BCUT2D eigenvalue weighted by Gasteiger charge is -2.34. The Kier molecular flexibility index (Phi) is 3.58. The summed E-state index contributed by atoms with van der Waals surface area (Å²) in [6.07, 6.45) is 9.21. The molecule has 3 saturated carbocycles. The lowest BCUT2D eigenvalue weighted by atomic mass is 9.79. The molecule has 116 valence electrons. The maximum absolute atomic E-state index is 5.62. The molecule has 3 heteroatoms. The van der Waals surface area contributed by atoms with Crippen molar-refractivity contribution in [2.45, 2.75) is 44.2 Å². The zero-order chi connectivity index (χ0) is 14.4. The molecule has 3 aliphatic carbocycles. The minimum absolute atomic E-state index is 0.346. The molecule has 0 saturated heterocycles. The van der Waals surface area contributed by atoms with Gasteiger partial charge in [-0.1, -0.05) is 6.42 Å². The number of fused-ring (bicyclic) bond motifs is 5. The van der Waals surface area contributed by atoms with Crippen molar-refractivity contribution in [2.75, 3.05) is 20.6 Å². The van der Waals surface area contributed by atoms with Crippen LogP contribution in [0.25, 0.3) is 0 Å². The highest BCUT2D eigenvalue weighted by Crippen LogP contribution is 2.58. The fourth-order valence-corrected chi connectivity index (χ4v) is 5.58. The minimum Gasteiger partial charge on any atom is -0.468 e. The van der Waals surface area contributed by atoms with Crippen LogP contribution < -0.4 is 5.32 Å². The van der Waals surface area contributed by atoms with Gasteiger partial charge in [0.05, 0.1) is 12.3 Å². The van der Waals surface area contributed by atoms with Crippen LogP contribution in [0, 0.1) is 23.7 Å². The second-order valence-electron chi connectivity index (χ2n) is 7.66. The van der Waals surface area contributed by atoms with Crippen LogP contribution in [0.3, 0.4) is 0 Å². The van der Waals surface area contributed by atoms with E-state index in [-0.39, 0.29) is 0 Å². The molecule has 2 bridgehead atoms. The van der Waals surface area contributed by atoms with Crippen molar-refractivity contribution in [3.8, 4) is 0 Å². The van der Waals surface area contributed by atoms with Gasteiger partial charge in [0.15, 0.2) is 0 Å². The number of furan rings is 1. The first-order chi connectivity index (χ1) is 10.2. The number of likely N-dealkylation sites (N-methyl/N-ethyl adjacent to an activating group) is 1. The third kappa shape index (κ3) is 2.35. The molecule has 3 fully saturated rings. The van der Waals surface area contributed by atoms with Crippen molar-refractivity contribution < 1.29 is 4.42 Å². The second kappa shape index (κ2) is 5.44. The molecular formula is C18H28N2O. The van der Waals surface area contributed by atoms with Crippen molar-refractivity contribution in [3.05, 3.63) is 24.2 Å². The summed E-state index contributed by atoms with van der Waals surface area (Å²) >= 11 is 0. The van der Waals surface area contributed by atoms with E-state index in [0.29, 0.717) is 6.04 Å². The average Bonchev–Trinajstić information content (AvgIpc) is 3.21. The Morgan fingerprint density at radius 1 is 1.24 bits per heavy atom. The van der Waals surface area contributed by atoms with Gasteiger partial charge in [-0.2, -0.15) is 0 Å². The fourth-order valence-electron chi connectivity index (χ4n) is 5.58. The lowest BCUT2D eigenvalue weighted by molar-refractivity contribution is 0.186. The number of rotatable bonds is 5. The molecule has 4 rings (SSSR count). The molecule has 1 aromatic heterocycles. The normalized spacial score (nSPS) is 39.1. The van der Waals surface area contributed by atoms with E-state index < -0.39 is 0 Å². The predicted molar refractivity (Wildman–Crippen MR) is 84.0 cm³/mol. The first kappa shape index (κ1) is 13.8. The van der Waals surface area contributed by atoms with E-state index in [1.807, 2.05) is 6.07 Å². The first-order valence-corrected chi connectivity index (χ1v) is 8.67. The second-order valence-corrected chi connectivity index (χ2v) is 7.66. The summed E-state index contributed by atoms with van der Waals surface area (Å²) in [5.74, 6) is 5.20. The Morgan fingerprint density at radius 3 is 2.86 bits per heavy atom. The summed E-state index contributed by atoms with van der Waals surface area (Å²) in [7, 11) is 4.28. The Hall–Kier alpha value is -0.800. The molecule has 1 aromatic rings. The van der Waals surface area contributed by atoms with Crippen molar-refractivity contribution in [1.82, 2.24) is 10.2 Å². The topological polar surface area (TPSA) is 28.4 Å². The molecule has 0 unspecified atom stereocenters. The molecule has 21 heavy (non-hydrogen) atoms. The van der Waals surface area contributed by atoms with Gasteiger partial charge in [0, 0.05) is 12.6 Å². The fraction of sp³-hybridized carbons (Fsp3) is 0.778. The van der Waals surface area contributed by atoms with Gasteiger partial charge < -0.3 is 9.73 Å². The van der Waals surface area contributed by atoms with Crippen LogP contribution in [0.4, 0.5) is 0 Å². The quantitative estimate of drug-likeness (QED) is 0.901. The maximum atomic E-state index is 5.62. The molecule has 0 aliphatic heterocycles. The summed E-state index contributed by atoms with van der Waals surface area (Å²) in [6.45, 7) is 1.01. The van der Waals surface area contributed by atoms with Crippen LogP contribution in [0.5, 0.6) is 0 Å². The van der Waals surface area contributed by atoms with Crippen LogP contribution >= 0.6 is 0 Å². The van der Waals surface area contributed by atoms with Gasteiger partial charge in [-0.25, -0.2) is 0 Å². The predicted octanol–water partition coefficient (Wildman–Crippen LogP) is 3.30. The smallest absolute Gasteiger partial charge is 0.122 e. The first-order valence-electron chi connectivity index (χ1n) is 8.67. The van der Waals surface area contributed by atoms with Gasteiger partial charge in [0.25, 0.3) is 0 Å². The van der Waals surface area contributed by atoms with Crippen molar-refractivity contribution in [3.63, 3.8) is 0 Å². The standard InChI is InChI=1S/C18H28N2O/c1-20(2)17(18-7-4-8-21-18)11-19-16-10-12-9-15(16)14-6-3-5-13(12)14/h4,7-8,12-17,19H,3,5-6,9-11H2,1-2H3/t12-,13-,14+,15+,16-,17-/m1/s1.